The maximum absolute atomic E-state index is 12.0. The lowest BCUT2D eigenvalue weighted by atomic mass is 10.1. The first-order valence-electron chi connectivity index (χ1n) is 6.54. The number of benzene rings is 1. The molecule has 1 aliphatic heterocycles. The molecule has 0 aliphatic carbocycles. The molecule has 1 aromatic carbocycles. The van der Waals surface area contributed by atoms with Crippen LogP contribution in [0.1, 0.15) is 16.7 Å². The summed E-state index contributed by atoms with van der Waals surface area (Å²) in [5.74, 6) is 0. The quantitative estimate of drug-likeness (QED) is 0.766. The van der Waals surface area contributed by atoms with Crippen molar-refractivity contribution in [3.05, 3.63) is 34.9 Å². The van der Waals surface area contributed by atoms with Crippen LogP contribution in [0.4, 0.5) is 0 Å². The van der Waals surface area contributed by atoms with E-state index in [-0.39, 0.29) is 12.4 Å². The number of halogens is 1. The van der Waals surface area contributed by atoms with Crippen LogP contribution < -0.4 is 10.0 Å². The standard InChI is InChI=1S/C13H21N3O3S.ClH/c1-16(5-6-19-2)20(17,18)15-8-11-3-4-12-9-14-10-13(12)7-11;/h3-4,7,14-15H,5-6,8-10H2,1-2H3;1H. The van der Waals surface area contributed by atoms with Gasteiger partial charge in [0.2, 0.25) is 0 Å². The highest BCUT2D eigenvalue weighted by atomic mass is 35.5. The number of ether oxygens (including phenoxy) is 1. The minimum absolute atomic E-state index is 0. The summed E-state index contributed by atoms with van der Waals surface area (Å²) in [7, 11) is -0.373. The van der Waals surface area contributed by atoms with Gasteiger partial charge in [-0.05, 0) is 16.7 Å². The van der Waals surface area contributed by atoms with Crippen LogP contribution >= 0.6 is 12.4 Å². The van der Waals surface area contributed by atoms with Crippen LogP contribution in [0.3, 0.4) is 0 Å². The van der Waals surface area contributed by atoms with Crippen molar-refractivity contribution in [1.29, 1.82) is 0 Å². The second kappa shape index (κ2) is 8.07. The molecule has 0 bridgehead atoms. The summed E-state index contributed by atoms with van der Waals surface area (Å²) in [6.45, 7) is 2.75. The van der Waals surface area contributed by atoms with E-state index in [2.05, 4.69) is 10.0 Å². The van der Waals surface area contributed by atoms with Gasteiger partial charge in [0.05, 0.1) is 6.61 Å². The molecule has 120 valence electrons. The molecule has 1 heterocycles. The molecule has 6 nitrogen and oxygen atoms in total. The zero-order valence-electron chi connectivity index (χ0n) is 12.3. The lowest BCUT2D eigenvalue weighted by Gasteiger charge is -2.17. The van der Waals surface area contributed by atoms with E-state index < -0.39 is 10.2 Å². The van der Waals surface area contributed by atoms with Crippen molar-refractivity contribution in [2.24, 2.45) is 0 Å². The van der Waals surface area contributed by atoms with Gasteiger partial charge in [-0.1, -0.05) is 18.2 Å². The molecule has 21 heavy (non-hydrogen) atoms. The summed E-state index contributed by atoms with van der Waals surface area (Å²) in [5, 5.41) is 3.27. The van der Waals surface area contributed by atoms with Crippen molar-refractivity contribution in [3.63, 3.8) is 0 Å². The van der Waals surface area contributed by atoms with Crippen molar-refractivity contribution < 1.29 is 13.2 Å². The predicted molar refractivity (Wildman–Crippen MR) is 84.5 cm³/mol. The van der Waals surface area contributed by atoms with Gasteiger partial charge in [-0.3, -0.25) is 0 Å². The average Bonchev–Trinajstić information content (AvgIpc) is 2.90. The Morgan fingerprint density at radius 2 is 2.05 bits per heavy atom. The number of nitrogens with zero attached hydrogens (tertiary/aromatic N) is 1. The fourth-order valence-electron chi connectivity index (χ4n) is 2.08. The van der Waals surface area contributed by atoms with Crippen LogP contribution in [0.15, 0.2) is 18.2 Å². The van der Waals surface area contributed by atoms with Crippen LogP contribution in [0.25, 0.3) is 0 Å². The Labute approximate surface area is 132 Å². The molecule has 0 saturated carbocycles. The number of likely N-dealkylation sites (N-methyl/N-ethyl adjacent to an activating group) is 1. The lowest BCUT2D eigenvalue weighted by Crippen LogP contribution is -2.39. The highest BCUT2D eigenvalue weighted by Gasteiger charge is 2.17. The Kier molecular flexibility index (Phi) is 7.05. The van der Waals surface area contributed by atoms with Crippen molar-refractivity contribution in [2.45, 2.75) is 19.6 Å². The van der Waals surface area contributed by atoms with E-state index in [0.717, 1.165) is 18.7 Å². The molecule has 1 aliphatic rings. The third kappa shape index (κ3) is 4.91. The first-order valence-corrected chi connectivity index (χ1v) is 7.98. The fourth-order valence-corrected chi connectivity index (χ4v) is 2.97. The topological polar surface area (TPSA) is 70.7 Å². The van der Waals surface area contributed by atoms with Crippen LogP contribution in [0.5, 0.6) is 0 Å². The number of nitrogens with one attached hydrogen (secondary N) is 2. The van der Waals surface area contributed by atoms with Gasteiger partial charge in [0.15, 0.2) is 0 Å². The lowest BCUT2D eigenvalue weighted by molar-refractivity contribution is 0.184. The molecule has 0 saturated heterocycles. The maximum atomic E-state index is 12.0. The van der Waals surface area contributed by atoms with Crippen LogP contribution in [-0.2, 0) is 34.6 Å². The van der Waals surface area contributed by atoms with Gasteiger partial charge in [0, 0.05) is 40.3 Å². The van der Waals surface area contributed by atoms with E-state index in [4.69, 9.17) is 4.74 Å². The third-order valence-electron chi connectivity index (χ3n) is 3.38. The molecule has 8 heteroatoms. The SMILES string of the molecule is COCCN(C)S(=O)(=O)NCc1ccc2c(c1)CNC2.Cl. The van der Waals surface area contributed by atoms with E-state index in [1.54, 1.807) is 7.11 Å². The highest BCUT2D eigenvalue weighted by molar-refractivity contribution is 7.87. The molecule has 2 rings (SSSR count). The molecule has 1 aromatic rings. The largest absolute Gasteiger partial charge is 0.383 e. The van der Waals surface area contributed by atoms with Gasteiger partial charge in [-0.2, -0.15) is 17.4 Å². The molecule has 2 N–H and O–H groups in total. The Hall–Kier alpha value is -0.700. The van der Waals surface area contributed by atoms with Crippen molar-refractivity contribution >= 4 is 22.6 Å². The van der Waals surface area contributed by atoms with Gasteiger partial charge >= 0.3 is 0 Å². The molecular weight excluding hydrogens is 314 g/mol. The van der Waals surface area contributed by atoms with Crippen molar-refractivity contribution in [2.75, 3.05) is 27.3 Å². The molecule has 0 radical (unpaired) electrons. The van der Waals surface area contributed by atoms with E-state index in [1.807, 2.05) is 18.2 Å². The third-order valence-corrected chi connectivity index (χ3v) is 4.89. The van der Waals surface area contributed by atoms with Gasteiger partial charge in [0.25, 0.3) is 10.2 Å². The van der Waals surface area contributed by atoms with Crippen molar-refractivity contribution in [3.8, 4) is 0 Å². The number of rotatable bonds is 7. The van der Waals surface area contributed by atoms with Crippen LogP contribution in [-0.4, -0.2) is 40.0 Å². The number of methoxy groups -OCH3 is 1. The summed E-state index contributed by atoms with van der Waals surface area (Å²) < 4.78 is 32.7. The van der Waals surface area contributed by atoms with Crippen molar-refractivity contribution in [1.82, 2.24) is 14.3 Å². The molecule has 0 aromatic heterocycles. The Bertz CT molecular complexity index is 566. The summed E-state index contributed by atoms with van der Waals surface area (Å²) in [5.41, 5.74) is 3.50. The first kappa shape index (κ1) is 18.3. The normalized spacial score (nSPS) is 14.0. The smallest absolute Gasteiger partial charge is 0.279 e. The average molecular weight is 336 g/mol. The number of fused-ring (bicyclic) bond motifs is 1. The molecule has 0 unspecified atom stereocenters. The second-order valence-electron chi connectivity index (χ2n) is 4.85. The van der Waals surface area contributed by atoms with Crippen LogP contribution in [0.2, 0.25) is 0 Å². The summed E-state index contributed by atoms with van der Waals surface area (Å²) in [6.07, 6.45) is 0. The van der Waals surface area contributed by atoms with Gasteiger partial charge in [0.1, 0.15) is 0 Å². The number of hydrogen-bond donors (Lipinski definition) is 2. The van der Waals surface area contributed by atoms with Gasteiger partial charge in [-0.25, -0.2) is 0 Å². The fraction of sp³-hybridized carbons (Fsp3) is 0.538. The number of hydrogen-bond acceptors (Lipinski definition) is 4. The molecular formula is C13H22ClN3O3S. The molecule has 0 spiro atoms. The monoisotopic (exact) mass is 335 g/mol. The minimum Gasteiger partial charge on any atom is -0.383 e. The molecule has 0 amide bonds. The zero-order chi connectivity index (χ0) is 14.6. The Balaban J connectivity index is 0.00000220. The van der Waals surface area contributed by atoms with E-state index in [9.17, 15) is 8.42 Å². The second-order valence-corrected chi connectivity index (χ2v) is 6.71. The predicted octanol–water partition coefficient (Wildman–Crippen LogP) is 0.624. The summed E-state index contributed by atoms with van der Waals surface area (Å²) in [4.78, 5) is 0. The van der Waals surface area contributed by atoms with E-state index >= 15 is 0 Å². The van der Waals surface area contributed by atoms with Gasteiger partial charge in [-0.15, -0.1) is 12.4 Å². The van der Waals surface area contributed by atoms with Gasteiger partial charge < -0.3 is 10.1 Å². The maximum Gasteiger partial charge on any atom is 0.279 e. The van der Waals surface area contributed by atoms with E-state index in [1.165, 1.54) is 22.5 Å². The molecule has 0 fully saturated rings. The van der Waals surface area contributed by atoms with E-state index in [0.29, 0.717) is 19.7 Å². The Morgan fingerprint density at radius 3 is 2.76 bits per heavy atom. The van der Waals surface area contributed by atoms with Crippen LogP contribution in [0, 0.1) is 0 Å². The Morgan fingerprint density at radius 1 is 1.33 bits per heavy atom. The minimum atomic E-state index is -3.46. The zero-order valence-corrected chi connectivity index (χ0v) is 13.9. The summed E-state index contributed by atoms with van der Waals surface area (Å²) in [6, 6.07) is 6.06. The summed E-state index contributed by atoms with van der Waals surface area (Å²) >= 11 is 0. The first-order chi connectivity index (χ1) is 9.53. The highest BCUT2D eigenvalue weighted by Crippen LogP contribution is 2.17. The molecule has 0 atom stereocenters.